The van der Waals surface area contributed by atoms with Crippen LogP contribution >= 0.6 is 11.6 Å². The van der Waals surface area contributed by atoms with E-state index < -0.39 is 66.8 Å². The molecular weight excluding hydrogens is 617 g/mol. The molecule has 0 spiro atoms. The Morgan fingerprint density at radius 3 is 2.56 bits per heavy atom. The molecule has 2 saturated heterocycles. The molecule has 1 amide bonds. The molecule has 7 N–H and O–H groups in total. The summed E-state index contributed by atoms with van der Waals surface area (Å²) in [6, 6.07) is 7.84. The Balaban J connectivity index is 1.15. The number of benzene rings is 2. The van der Waals surface area contributed by atoms with Crippen molar-refractivity contribution >= 4 is 35.0 Å². The number of aliphatic hydroxyl groups is 4. The number of fused-ring (bicyclic) bond motifs is 1. The maximum absolute atomic E-state index is 14.0. The van der Waals surface area contributed by atoms with E-state index in [4.69, 9.17) is 41.1 Å². The molecule has 2 heterocycles. The first-order valence-corrected chi connectivity index (χ1v) is 14.6. The van der Waals surface area contributed by atoms with E-state index in [1.54, 1.807) is 38.1 Å². The van der Waals surface area contributed by atoms with Crippen LogP contribution in [-0.2, 0) is 30.4 Å². The molecule has 0 unspecified atom stereocenters. The molecule has 15 heteroatoms. The lowest BCUT2D eigenvalue weighted by atomic mass is 9.83. The molecule has 244 valence electrons. The van der Waals surface area contributed by atoms with Crippen molar-refractivity contribution in [2.24, 2.45) is 5.16 Å². The van der Waals surface area contributed by atoms with Crippen molar-refractivity contribution in [3.8, 4) is 5.75 Å². The van der Waals surface area contributed by atoms with Gasteiger partial charge in [0, 0.05) is 22.6 Å². The highest BCUT2D eigenvalue weighted by Crippen LogP contribution is 2.31. The minimum atomic E-state index is -1.47. The molecule has 5 rings (SSSR count). The number of nitrogens with one attached hydrogen (secondary N) is 1. The van der Waals surface area contributed by atoms with Gasteiger partial charge in [0.2, 0.25) is 12.2 Å². The first-order valence-electron chi connectivity index (χ1n) is 14.2. The predicted octanol–water partition coefficient (Wildman–Crippen LogP) is 1.23. The topological polar surface area (TPSA) is 195 Å². The van der Waals surface area contributed by atoms with Gasteiger partial charge in [-0.25, -0.2) is 4.39 Å². The Morgan fingerprint density at radius 1 is 1.11 bits per heavy atom. The lowest BCUT2D eigenvalue weighted by Crippen LogP contribution is -2.67. The largest absolute Gasteiger partial charge is 0.463 e. The maximum Gasteiger partial charge on any atom is 0.247 e. The van der Waals surface area contributed by atoms with Crippen LogP contribution in [0.15, 0.2) is 47.1 Å². The van der Waals surface area contributed by atoms with Crippen LogP contribution in [0.3, 0.4) is 0 Å². The van der Waals surface area contributed by atoms with E-state index in [1.807, 2.05) is 0 Å². The van der Waals surface area contributed by atoms with Crippen molar-refractivity contribution in [3.63, 3.8) is 0 Å². The van der Waals surface area contributed by atoms with E-state index in [0.29, 0.717) is 11.3 Å². The van der Waals surface area contributed by atoms with Gasteiger partial charge in [-0.3, -0.25) is 4.79 Å². The summed E-state index contributed by atoms with van der Waals surface area (Å²) in [5, 5.41) is 48.7. The Morgan fingerprint density at radius 2 is 1.84 bits per heavy atom. The lowest BCUT2D eigenvalue weighted by Gasteiger charge is -2.41. The Hall–Kier alpha value is -3.34. The third-order valence-corrected chi connectivity index (χ3v) is 8.11. The highest BCUT2D eigenvalue weighted by Gasteiger charge is 2.53. The maximum atomic E-state index is 14.0. The molecule has 0 aromatic heterocycles. The number of hydrogen-bond acceptors (Lipinski definition) is 12. The summed E-state index contributed by atoms with van der Waals surface area (Å²) in [5.41, 5.74) is 7.84. The zero-order chi connectivity index (χ0) is 32.4. The molecule has 45 heavy (non-hydrogen) atoms. The summed E-state index contributed by atoms with van der Waals surface area (Å²) < 4.78 is 36.2. The third-order valence-electron chi connectivity index (χ3n) is 7.87. The van der Waals surface area contributed by atoms with Crippen LogP contribution in [0.5, 0.6) is 5.75 Å². The van der Waals surface area contributed by atoms with Gasteiger partial charge in [0.25, 0.3) is 0 Å². The highest BCUT2D eigenvalue weighted by molar-refractivity contribution is 6.30. The van der Waals surface area contributed by atoms with Crippen LogP contribution in [0.1, 0.15) is 31.4 Å². The molecule has 3 aliphatic rings. The first kappa shape index (κ1) is 33.0. The average Bonchev–Trinajstić information content (AvgIpc) is 3.63. The van der Waals surface area contributed by atoms with Gasteiger partial charge in [-0.15, -0.1) is 0 Å². The number of rotatable bonds is 9. The van der Waals surface area contributed by atoms with E-state index in [-0.39, 0.29) is 47.4 Å². The van der Waals surface area contributed by atoms with Gasteiger partial charge < -0.3 is 55.3 Å². The number of oxime groups is 1. The first-order chi connectivity index (χ1) is 21.4. The second-order valence-corrected chi connectivity index (χ2v) is 11.6. The van der Waals surface area contributed by atoms with Gasteiger partial charge in [0.15, 0.2) is 0 Å². The number of nitrogens with two attached hydrogens (primary N) is 1. The minimum Gasteiger partial charge on any atom is -0.463 e. The molecule has 3 fully saturated rings. The number of anilines is 1. The van der Waals surface area contributed by atoms with E-state index in [2.05, 4.69) is 10.5 Å². The molecule has 1 saturated carbocycles. The van der Waals surface area contributed by atoms with Crippen LogP contribution in [0.4, 0.5) is 10.1 Å². The number of aliphatic hydroxyl groups excluding tert-OH is 4. The quantitative estimate of drug-likeness (QED) is 0.0988. The van der Waals surface area contributed by atoms with Crippen molar-refractivity contribution in [2.45, 2.75) is 81.9 Å². The van der Waals surface area contributed by atoms with E-state index >= 15 is 0 Å². The van der Waals surface area contributed by atoms with Crippen molar-refractivity contribution < 1.29 is 53.4 Å². The zero-order valence-corrected chi connectivity index (χ0v) is 25.1. The van der Waals surface area contributed by atoms with Gasteiger partial charge >= 0.3 is 0 Å². The van der Waals surface area contributed by atoms with E-state index in [0.717, 1.165) is 0 Å². The summed E-state index contributed by atoms with van der Waals surface area (Å²) in [6.07, 6.45) is -6.84. The number of amides is 1. The van der Waals surface area contributed by atoms with E-state index in [1.165, 1.54) is 18.2 Å². The molecule has 2 aromatic rings. The molecular formula is C30H35ClFN3O10. The smallest absolute Gasteiger partial charge is 0.247 e. The van der Waals surface area contributed by atoms with Crippen LogP contribution in [0.2, 0.25) is 5.02 Å². The van der Waals surface area contributed by atoms with Gasteiger partial charge in [-0.2, -0.15) is 0 Å². The molecule has 2 aliphatic heterocycles. The van der Waals surface area contributed by atoms with Gasteiger partial charge in [-0.05, 0) is 49.8 Å². The van der Waals surface area contributed by atoms with E-state index in [9.17, 15) is 29.6 Å². The second kappa shape index (κ2) is 14.0. The number of carbonyl (C=O) groups excluding carboxylic acids is 1. The minimum absolute atomic E-state index is 0.121. The fourth-order valence-corrected chi connectivity index (χ4v) is 5.58. The van der Waals surface area contributed by atoms with Crippen LogP contribution < -0.4 is 15.8 Å². The number of nitrogens with zero attached hydrogens (tertiary/aromatic N) is 1. The number of carbonyl (C=O) groups is 1. The average molecular weight is 652 g/mol. The summed E-state index contributed by atoms with van der Waals surface area (Å²) in [5.74, 6) is -0.821. The Bertz CT molecular complexity index is 1460. The van der Waals surface area contributed by atoms with Crippen LogP contribution in [-0.4, -0.2) is 93.9 Å². The van der Waals surface area contributed by atoms with Gasteiger partial charge in [0.05, 0.1) is 23.5 Å². The molecule has 2 aromatic carbocycles. The molecule has 0 bridgehead atoms. The van der Waals surface area contributed by atoms with Crippen molar-refractivity contribution in [3.05, 3.63) is 63.9 Å². The van der Waals surface area contributed by atoms with Gasteiger partial charge in [-0.1, -0.05) is 28.9 Å². The molecule has 1 aliphatic carbocycles. The summed E-state index contributed by atoms with van der Waals surface area (Å²) in [7, 11) is 0. The fraction of sp³-hybridized carbons (Fsp3) is 0.467. The molecule has 13 nitrogen and oxygen atoms in total. The number of nitrogen functional groups attached to an aromatic ring is 1. The van der Waals surface area contributed by atoms with Crippen molar-refractivity contribution in [1.82, 2.24) is 5.32 Å². The standard InChI is InChI=1S/C30H35ClFN3O10/c1-13(30(40)34-23-24(37)26(39)29-28(25(23)38)41-12-42-29)7-15-3-6-21(19(33)8-15)44-22-10-20(36)27(45-22)14(2)35-43-11-16-4-5-17(31)9-18(16)32/h3-9,20,22-29,36-39H,10-12,33H2,1-2H3,(H,34,40)/b13-7+,35-14-/t20-,22+,23+,24-,25+,26+,27+,28-,29+/m0/s1. The highest BCUT2D eigenvalue weighted by atomic mass is 35.5. The molecule has 0 radical (unpaired) electrons. The van der Waals surface area contributed by atoms with Gasteiger partial charge in [0.1, 0.15) is 61.6 Å². The second-order valence-electron chi connectivity index (χ2n) is 11.1. The summed E-state index contributed by atoms with van der Waals surface area (Å²) >= 11 is 5.76. The predicted molar refractivity (Wildman–Crippen MR) is 158 cm³/mol. The monoisotopic (exact) mass is 651 g/mol. The van der Waals surface area contributed by atoms with Crippen molar-refractivity contribution in [2.75, 3.05) is 12.5 Å². The normalized spacial score (nSPS) is 31.9. The van der Waals surface area contributed by atoms with Crippen LogP contribution in [0.25, 0.3) is 6.08 Å². The third kappa shape index (κ3) is 7.39. The summed E-state index contributed by atoms with van der Waals surface area (Å²) in [4.78, 5) is 18.1. The molecule has 9 atom stereocenters. The fourth-order valence-electron chi connectivity index (χ4n) is 5.42. The SMILES string of the molecule is C/C(=N/OCc1ccc(Cl)cc1F)[C@H]1O[C@@H](Oc2ccc(/C=C(\C)C(=O)N[C@@H]3[C@H](O)[C@@H](O)[C@H]4OCO[C@H]4[C@@H]3O)cc2N)C[C@@H]1O. The number of ether oxygens (including phenoxy) is 4. The summed E-state index contributed by atoms with van der Waals surface area (Å²) in [6.45, 7) is 2.87. The zero-order valence-electron chi connectivity index (χ0n) is 24.4. The Kier molecular flexibility index (Phi) is 10.3. The lowest BCUT2D eigenvalue weighted by molar-refractivity contribution is -0.155. The van der Waals surface area contributed by atoms with Crippen LogP contribution in [0, 0.1) is 5.82 Å². The Labute approximate surface area is 262 Å². The number of hydrogen-bond donors (Lipinski definition) is 6. The van der Waals surface area contributed by atoms with Crippen molar-refractivity contribution in [1.29, 1.82) is 0 Å². The number of halogens is 2.